The van der Waals surface area contributed by atoms with E-state index in [9.17, 15) is 0 Å². The lowest BCUT2D eigenvalue weighted by Crippen LogP contribution is -2.37. The first kappa shape index (κ1) is 24.7. The highest BCUT2D eigenvalue weighted by molar-refractivity contribution is 5.79. The smallest absolute Gasteiger partial charge is 0.191 e. The molecule has 31 heavy (non-hydrogen) atoms. The van der Waals surface area contributed by atoms with E-state index < -0.39 is 0 Å². The molecule has 0 amide bonds. The van der Waals surface area contributed by atoms with Gasteiger partial charge in [0.05, 0.1) is 32.0 Å². The van der Waals surface area contributed by atoms with E-state index in [1.807, 2.05) is 17.7 Å². The van der Waals surface area contributed by atoms with Crippen LogP contribution < -0.4 is 15.4 Å². The number of nitrogens with one attached hydrogen (secondary N) is 2. The first-order valence-electron chi connectivity index (χ1n) is 10.7. The molecule has 0 spiro atoms. The molecule has 1 heterocycles. The second-order valence-corrected chi connectivity index (χ2v) is 7.37. The van der Waals surface area contributed by atoms with Gasteiger partial charge in [0, 0.05) is 44.1 Å². The maximum absolute atomic E-state index is 5.89. The Bertz CT molecular complexity index is 848. The third kappa shape index (κ3) is 7.56. The van der Waals surface area contributed by atoms with Crippen LogP contribution in [-0.2, 0) is 29.1 Å². The van der Waals surface area contributed by atoms with Crippen molar-refractivity contribution in [3.05, 3.63) is 46.3 Å². The highest BCUT2D eigenvalue weighted by Crippen LogP contribution is 2.21. The fourth-order valence-corrected chi connectivity index (χ4v) is 3.23. The van der Waals surface area contributed by atoms with Crippen LogP contribution in [0.4, 0.5) is 0 Å². The molecule has 0 radical (unpaired) electrons. The van der Waals surface area contributed by atoms with Gasteiger partial charge in [-0.1, -0.05) is 12.1 Å². The van der Waals surface area contributed by atoms with Gasteiger partial charge < -0.3 is 24.8 Å². The highest BCUT2D eigenvalue weighted by atomic mass is 16.5. The summed E-state index contributed by atoms with van der Waals surface area (Å²) >= 11 is 0. The zero-order valence-corrected chi connectivity index (χ0v) is 19.7. The van der Waals surface area contributed by atoms with E-state index in [1.165, 1.54) is 5.56 Å². The molecule has 2 rings (SSSR count). The average Bonchev–Trinajstić information content (AvgIpc) is 3.02. The van der Waals surface area contributed by atoms with Gasteiger partial charge in [0.25, 0.3) is 0 Å². The lowest BCUT2D eigenvalue weighted by molar-refractivity contribution is 0.145. The molecule has 0 bridgehead atoms. The summed E-state index contributed by atoms with van der Waals surface area (Å²) in [5.74, 6) is 1.61. The molecule has 2 aromatic rings. The van der Waals surface area contributed by atoms with Gasteiger partial charge >= 0.3 is 0 Å². The number of benzene rings is 1. The van der Waals surface area contributed by atoms with Crippen LogP contribution in [0.2, 0.25) is 0 Å². The van der Waals surface area contributed by atoms with Crippen molar-refractivity contribution in [2.45, 2.75) is 47.3 Å². The fourth-order valence-electron chi connectivity index (χ4n) is 3.23. The molecule has 0 saturated heterocycles. The SMILES string of the molecule is CCNC(=NCc1ccc(C)cc1OCCOC)NCc1c(C)nn(CCOC)c1C. The zero-order valence-electron chi connectivity index (χ0n) is 19.7. The molecule has 0 aliphatic rings. The summed E-state index contributed by atoms with van der Waals surface area (Å²) in [5.41, 5.74) is 5.54. The van der Waals surface area contributed by atoms with Gasteiger partial charge in [-0.05, 0) is 39.3 Å². The van der Waals surface area contributed by atoms with Gasteiger partial charge in [-0.3, -0.25) is 4.68 Å². The third-order valence-electron chi connectivity index (χ3n) is 4.99. The van der Waals surface area contributed by atoms with Crippen LogP contribution in [0.3, 0.4) is 0 Å². The monoisotopic (exact) mass is 431 g/mol. The van der Waals surface area contributed by atoms with Gasteiger partial charge in [0.15, 0.2) is 5.96 Å². The molecule has 1 aromatic carbocycles. The Hall–Kier alpha value is -2.58. The Labute approximate surface area is 186 Å². The topological polar surface area (TPSA) is 81.9 Å². The molecule has 8 nitrogen and oxygen atoms in total. The van der Waals surface area contributed by atoms with Gasteiger partial charge in [0.1, 0.15) is 12.4 Å². The predicted molar refractivity (Wildman–Crippen MR) is 124 cm³/mol. The second kappa shape index (κ2) is 13.0. The van der Waals surface area contributed by atoms with Crippen LogP contribution >= 0.6 is 0 Å². The lowest BCUT2D eigenvalue weighted by Gasteiger charge is -2.14. The summed E-state index contributed by atoms with van der Waals surface area (Å²) in [6.07, 6.45) is 0. The summed E-state index contributed by atoms with van der Waals surface area (Å²) in [4.78, 5) is 4.77. The summed E-state index contributed by atoms with van der Waals surface area (Å²) in [6, 6.07) is 6.19. The molecule has 0 saturated carbocycles. The molecule has 1 aromatic heterocycles. The van der Waals surface area contributed by atoms with Crippen LogP contribution in [0.25, 0.3) is 0 Å². The molecule has 8 heteroatoms. The van der Waals surface area contributed by atoms with Gasteiger partial charge in [-0.15, -0.1) is 0 Å². The standard InChI is InChI=1S/C23H37N5O3/c1-7-24-23(26-16-21-18(3)27-28(19(21)4)10-11-29-5)25-15-20-9-8-17(2)14-22(20)31-13-12-30-6/h8-9,14H,7,10-13,15-16H2,1-6H3,(H2,24,25,26). The quantitative estimate of drug-likeness (QED) is 0.306. The van der Waals surface area contributed by atoms with E-state index in [0.29, 0.717) is 32.9 Å². The molecule has 0 unspecified atom stereocenters. The number of methoxy groups -OCH3 is 2. The number of hydrogen-bond acceptors (Lipinski definition) is 5. The minimum atomic E-state index is 0.514. The Kier molecular flexibility index (Phi) is 10.3. The van der Waals surface area contributed by atoms with Crippen LogP contribution in [0.1, 0.15) is 35.0 Å². The molecule has 0 aliphatic carbocycles. The Balaban J connectivity index is 2.09. The molecule has 2 N–H and O–H groups in total. The van der Waals surface area contributed by atoms with Crippen molar-refractivity contribution < 1.29 is 14.2 Å². The van der Waals surface area contributed by atoms with Crippen molar-refractivity contribution in [3.8, 4) is 5.75 Å². The Morgan fingerprint density at radius 2 is 1.84 bits per heavy atom. The molecular weight excluding hydrogens is 394 g/mol. The number of ether oxygens (including phenoxy) is 3. The highest BCUT2D eigenvalue weighted by Gasteiger charge is 2.12. The van der Waals surface area contributed by atoms with Crippen LogP contribution in [0, 0.1) is 20.8 Å². The van der Waals surface area contributed by atoms with Crippen molar-refractivity contribution in [2.24, 2.45) is 4.99 Å². The van der Waals surface area contributed by atoms with Crippen molar-refractivity contribution in [1.82, 2.24) is 20.4 Å². The van der Waals surface area contributed by atoms with Crippen molar-refractivity contribution in [3.63, 3.8) is 0 Å². The first-order chi connectivity index (χ1) is 15.0. The minimum absolute atomic E-state index is 0.514. The van der Waals surface area contributed by atoms with E-state index in [1.54, 1.807) is 14.2 Å². The maximum Gasteiger partial charge on any atom is 0.191 e. The number of nitrogens with zero attached hydrogens (tertiary/aromatic N) is 3. The normalized spacial score (nSPS) is 11.6. The summed E-state index contributed by atoms with van der Waals surface area (Å²) < 4.78 is 18.2. The van der Waals surface area contributed by atoms with Crippen molar-refractivity contribution in [1.29, 1.82) is 0 Å². The van der Waals surface area contributed by atoms with E-state index in [2.05, 4.69) is 48.6 Å². The second-order valence-electron chi connectivity index (χ2n) is 7.37. The van der Waals surface area contributed by atoms with E-state index in [-0.39, 0.29) is 0 Å². The fraction of sp³-hybridized carbons (Fsp3) is 0.565. The van der Waals surface area contributed by atoms with E-state index in [4.69, 9.17) is 19.2 Å². The van der Waals surface area contributed by atoms with Gasteiger partial charge in [0.2, 0.25) is 0 Å². The Morgan fingerprint density at radius 1 is 1.06 bits per heavy atom. The number of aliphatic imine (C=N–C) groups is 1. The molecule has 0 atom stereocenters. The molecule has 172 valence electrons. The zero-order chi connectivity index (χ0) is 22.6. The van der Waals surface area contributed by atoms with E-state index in [0.717, 1.165) is 47.3 Å². The Morgan fingerprint density at radius 3 is 2.55 bits per heavy atom. The number of rotatable bonds is 12. The van der Waals surface area contributed by atoms with Gasteiger partial charge in [-0.2, -0.15) is 5.10 Å². The summed E-state index contributed by atoms with van der Waals surface area (Å²) in [7, 11) is 3.37. The third-order valence-corrected chi connectivity index (χ3v) is 4.99. The average molecular weight is 432 g/mol. The number of aromatic nitrogens is 2. The molecule has 0 aliphatic heterocycles. The molecular formula is C23H37N5O3. The van der Waals surface area contributed by atoms with Crippen molar-refractivity contribution in [2.75, 3.05) is 40.6 Å². The molecule has 0 fully saturated rings. The maximum atomic E-state index is 5.89. The largest absolute Gasteiger partial charge is 0.491 e. The summed E-state index contributed by atoms with van der Waals surface area (Å²) in [6.45, 7) is 12.6. The van der Waals surface area contributed by atoms with Crippen LogP contribution in [0.5, 0.6) is 5.75 Å². The number of guanidine groups is 1. The predicted octanol–water partition coefficient (Wildman–Crippen LogP) is 2.74. The van der Waals surface area contributed by atoms with E-state index >= 15 is 0 Å². The number of hydrogen-bond donors (Lipinski definition) is 2. The minimum Gasteiger partial charge on any atom is -0.491 e. The first-order valence-corrected chi connectivity index (χ1v) is 10.7. The lowest BCUT2D eigenvalue weighted by atomic mass is 10.1. The van der Waals surface area contributed by atoms with Crippen LogP contribution in [-0.4, -0.2) is 56.3 Å². The summed E-state index contributed by atoms with van der Waals surface area (Å²) in [5, 5.41) is 11.4. The van der Waals surface area contributed by atoms with Crippen LogP contribution in [0.15, 0.2) is 23.2 Å². The van der Waals surface area contributed by atoms with Crippen molar-refractivity contribution >= 4 is 5.96 Å². The van der Waals surface area contributed by atoms with Gasteiger partial charge in [-0.25, -0.2) is 4.99 Å². The number of aryl methyl sites for hydroxylation is 2.